The van der Waals surface area contributed by atoms with Gasteiger partial charge in [0, 0.05) is 31.1 Å². The number of amides is 1. The van der Waals surface area contributed by atoms with Gasteiger partial charge in [-0.25, -0.2) is 4.98 Å². The van der Waals surface area contributed by atoms with Gasteiger partial charge in [-0.15, -0.1) is 0 Å². The molecular formula is C15H17N3O3. The van der Waals surface area contributed by atoms with E-state index in [-0.39, 0.29) is 5.91 Å². The lowest BCUT2D eigenvalue weighted by atomic mass is 10.2. The Morgan fingerprint density at radius 2 is 2.14 bits per heavy atom. The zero-order chi connectivity index (χ0) is 15.1. The zero-order valence-electron chi connectivity index (χ0n) is 12.0. The van der Waals surface area contributed by atoms with Crippen LogP contribution in [0.4, 0.5) is 5.69 Å². The maximum absolute atomic E-state index is 12.2. The van der Waals surface area contributed by atoms with Crippen molar-refractivity contribution in [3.63, 3.8) is 0 Å². The molecule has 0 saturated carbocycles. The summed E-state index contributed by atoms with van der Waals surface area (Å²) in [5, 5.41) is 2.81. The van der Waals surface area contributed by atoms with E-state index in [0.29, 0.717) is 30.3 Å². The van der Waals surface area contributed by atoms with Crippen LogP contribution in [0, 0.1) is 6.92 Å². The van der Waals surface area contributed by atoms with Gasteiger partial charge in [-0.1, -0.05) is 0 Å². The monoisotopic (exact) mass is 287 g/mol. The van der Waals surface area contributed by atoms with Crippen LogP contribution >= 0.6 is 0 Å². The highest BCUT2D eigenvalue weighted by Crippen LogP contribution is 2.15. The van der Waals surface area contributed by atoms with Crippen molar-refractivity contribution in [1.29, 1.82) is 0 Å². The number of ether oxygens (including phenoxy) is 2. The minimum absolute atomic E-state index is 0.231. The van der Waals surface area contributed by atoms with Crippen LogP contribution in [0.15, 0.2) is 36.8 Å². The third-order valence-electron chi connectivity index (χ3n) is 2.82. The van der Waals surface area contributed by atoms with Crippen molar-refractivity contribution in [3.05, 3.63) is 47.9 Å². The van der Waals surface area contributed by atoms with Crippen LogP contribution in [-0.2, 0) is 4.74 Å². The molecule has 2 heterocycles. The highest BCUT2D eigenvalue weighted by Gasteiger charge is 2.09. The topological polar surface area (TPSA) is 73.3 Å². The standard InChI is InChI=1S/C15H17N3O3/c1-11-3-5-16-10-13(11)18-15(19)12-4-6-17-14(9-12)21-8-7-20-2/h3-6,9-10H,7-8H2,1-2H3,(H,18,19). The number of nitrogens with one attached hydrogen (secondary N) is 1. The Kier molecular flexibility index (Phi) is 5.22. The van der Waals surface area contributed by atoms with E-state index in [1.165, 1.54) is 6.20 Å². The SMILES string of the molecule is COCCOc1cc(C(=O)Nc2cnccc2C)ccn1. The van der Waals surface area contributed by atoms with E-state index in [1.54, 1.807) is 31.6 Å². The molecule has 0 aliphatic heterocycles. The second-order valence-electron chi connectivity index (χ2n) is 4.37. The van der Waals surface area contributed by atoms with Crippen molar-refractivity contribution in [2.45, 2.75) is 6.92 Å². The molecule has 6 heteroatoms. The van der Waals surface area contributed by atoms with E-state index >= 15 is 0 Å². The van der Waals surface area contributed by atoms with Gasteiger partial charge >= 0.3 is 0 Å². The molecule has 6 nitrogen and oxygen atoms in total. The van der Waals surface area contributed by atoms with Gasteiger partial charge in [0.25, 0.3) is 5.91 Å². The van der Waals surface area contributed by atoms with Crippen molar-refractivity contribution in [3.8, 4) is 5.88 Å². The largest absolute Gasteiger partial charge is 0.475 e. The number of carbonyl (C=O) groups excluding carboxylic acids is 1. The predicted octanol–water partition coefficient (Wildman–Crippen LogP) is 2.06. The average Bonchev–Trinajstić information content (AvgIpc) is 2.50. The van der Waals surface area contributed by atoms with Crippen LogP contribution in [0.3, 0.4) is 0 Å². The number of anilines is 1. The van der Waals surface area contributed by atoms with Crippen molar-refractivity contribution >= 4 is 11.6 Å². The molecule has 21 heavy (non-hydrogen) atoms. The normalized spacial score (nSPS) is 10.2. The van der Waals surface area contributed by atoms with E-state index in [0.717, 1.165) is 5.56 Å². The van der Waals surface area contributed by atoms with Gasteiger partial charge in [-0.3, -0.25) is 9.78 Å². The number of hydrogen-bond donors (Lipinski definition) is 1. The number of hydrogen-bond acceptors (Lipinski definition) is 5. The van der Waals surface area contributed by atoms with E-state index in [9.17, 15) is 4.79 Å². The van der Waals surface area contributed by atoms with Gasteiger partial charge in [-0.05, 0) is 24.6 Å². The summed E-state index contributed by atoms with van der Waals surface area (Å²) >= 11 is 0. The molecule has 110 valence electrons. The first-order valence-electron chi connectivity index (χ1n) is 6.50. The molecule has 0 atom stereocenters. The van der Waals surface area contributed by atoms with Gasteiger partial charge < -0.3 is 14.8 Å². The van der Waals surface area contributed by atoms with Crippen molar-refractivity contribution in [2.75, 3.05) is 25.6 Å². The van der Waals surface area contributed by atoms with Crippen molar-refractivity contribution in [1.82, 2.24) is 9.97 Å². The first kappa shape index (κ1) is 14.9. The summed E-state index contributed by atoms with van der Waals surface area (Å²) in [4.78, 5) is 20.2. The fourth-order valence-corrected chi connectivity index (χ4v) is 1.65. The smallest absolute Gasteiger partial charge is 0.255 e. The molecule has 2 aromatic heterocycles. The lowest BCUT2D eigenvalue weighted by Gasteiger charge is -2.09. The van der Waals surface area contributed by atoms with Gasteiger partial charge in [0.15, 0.2) is 0 Å². The number of methoxy groups -OCH3 is 1. The number of carbonyl (C=O) groups is 1. The third-order valence-corrected chi connectivity index (χ3v) is 2.82. The maximum atomic E-state index is 12.2. The number of aryl methyl sites for hydroxylation is 1. The minimum atomic E-state index is -0.231. The Morgan fingerprint density at radius 3 is 2.90 bits per heavy atom. The number of pyridine rings is 2. The summed E-state index contributed by atoms with van der Waals surface area (Å²) in [6.45, 7) is 2.76. The van der Waals surface area contributed by atoms with E-state index in [1.807, 2.05) is 13.0 Å². The quantitative estimate of drug-likeness (QED) is 0.823. The molecular weight excluding hydrogens is 270 g/mol. The van der Waals surface area contributed by atoms with Crippen LogP contribution in [0.5, 0.6) is 5.88 Å². The second kappa shape index (κ2) is 7.35. The molecule has 1 N–H and O–H groups in total. The first-order chi connectivity index (χ1) is 10.2. The third kappa shape index (κ3) is 4.25. The van der Waals surface area contributed by atoms with E-state index in [2.05, 4.69) is 15.3 Å². The minimum Gasteiger partial charge on any atom is -0.475 e. The van der Waals surface area contributed by atoms with Crippen LogP contribution in [0.25, 0.3) is 0 Å². The molecule has 0 fully saturated rings. The van der Waals surface area contributed by atoms with Gasteiger partial charge in [-0.2, -0.15) is 0 Å². The zero-order valence-corrected chi connectivity index (χ0v) is 12.0. The summed E-state index contributed by atoms with van der Waals surface area (Å²) in [6.07, 6.45) is 4.83. The molecule has 0 spiro atoms. The van der Waals surface area contributed by atoms with Crippen LogP contribution < -0.4 is 10.1 Å². The fraction of sp³-hybridized carbons (Fsp3) is 0.267. The molecule has 2 aromatic rings. The highest BCUT2D eigenvalue weighted by molar-refractivity contribution is 6.04. The van der Waals surface area contributed by atoms with Crippen LogP contribution in [-0.4, -0.2) is 36.2 Å². The second-order valence-corrected chi connectivity index (χ2v) is 4.37. The molecule has 0 aromatic carbocycles. The molecule has 0 bridgehead atoms. The summed E-state index contributed by atoms with van der Waals surface area (Å²) in [6, 6.07) is 5.06. The summed E-state index contributed by atoms with van der Waals surface area (Å²) in [5.74, 6) is 0.160. The van der Waals surface area contributed by atoms with Gasteiger partial charge in [0.05, 0.1) is 18.5 Å². The van der Waals surface area contributed by atoms with Crippen molar-refractivity contribution in [2.24, 2.45) is 0 Å². The molecule has 0 saturated heterocycles. The van der Waals surface area contributed by atoms with E-state index < -0.39 is 0 Å². The van der Waals surface area contributed by atoms with E-state index in [4.69, 9.17) is 9.47 Å². The highest BCUT2D eigenvalue weighted by atomic mass is 16.5. The molecule has 1 amide bonds. The van der Waals surface area contributed by atoms with Crippen molar-refractivity contribution < 1.29 is 14.3 Å². The Morgan fingerprint density at radius 1 is 1.29 bits per heavy atom. The summed E-state index contributed by atoms with van der Waals surface area (Å²) in [7, 11) is 1.59. The van der Waals surface area contributed by atoms with Crippen LogP contribution in [0.2, 0.25) is 0 Å². The summed E-state index contributed by atoms with van der Waals surface area (Å²) in [5.41, 5.74) is 2.10. The number of aromatic nitrogens is 2. The van der Waals surface area contributed by atoms with Crippen LogP contribution in [0.1, 0.15) is 15.9 Å². The molecule has 0 aliphatic carbocycles. The molecule has 0 unspecified atom stereocenters. The first-order valence-corrected chi connectivity index (χ1v) is 6.50. The Bertz CT molecular complexity index is 617. The lowest BCUT2D eigenvalue weighted by molar-refractivity contribution is 0.102. The maximum Gasteiger partial charge on any atom is 0.255 e. The average molecular weight is 287 g/mol. The Balaban J connectivity index is 2.05. The Hall–Kier alpha value is -2.47. The lowest BCUT2D eigenvalue weighted by Crippen LogP contribution is -2.13. The summed E-state index contributed by atoms with van der Waals surface area (Å²) < 4.78 is 10.3. The van der Waals surface area contributed by atoms with Gasteiger partial charge in [0.2, 0.25) is 5.88 Å². The molecule has 2 rings (SSSR count). The number of nitrogens with zero attached hydrogens (tertiary/aromatic N) is 2. The fourth-order valence-electron chi connectivity index (χ4n) is 1.65. The Labute approximate surface area is 123 Å². The predicted molar refractivity (Wildman–Crippen MR) is 78.5 cm³/mol. The molecule has 0 radical (unpaired) electrons. The van der Waals surface area contributed by atoms with Gasteiger partial charge in [0.1, 0.15) is 6.61 Å². The molecule has 0 aliphatic rings. The number of rotatable bonds is 6.